The van der Waals surface area contributed by atoms with Gasteiger partial charge in [0.2, 0.25) is 5.09 Å². The molecule has 2 heterocycles. The second-order valence-electron chi connectivity index (χ2n) is 3.88. The summed E-state index contributed by atoms with van der Waals surface area (Å²) in [5.74, 6) is 1.30. The zero-order valence-corrected chi connectivity index (χ0v) is 10.6. The lowest BCUT2D eigenvalue weighted by Crippen LogP contribution is -2.17. The van der Waals surface area contributed by atoms with Crippen molar-refractivity contribution in [3.8, 4) is 0 Å². The quantitative estimate of drug-likeness (QED) is 0.855. The fourth-order valence-electron chi connectivity index (χ4n) is 1.50. The number of primary sulfonamides is 1. The minimum atomic E-state index is -3.78. The summed E-state index contributed by atoms with van der Waals surface area (Å²) < 4.78 is 32.4. The standard InChI is InChI=1S/C11H14N2O4S/c1-8(10-3-2-6-16-10)13-7-9-4-5-11(17-9)18(12,14)15/h2-6,8,13H,7H2,1H3,(H2,12,14,15)/t8-/m0/s1. The number of furan rings is 2. The Kier molecular flexibility index (Phi) is 3.55. The summed E-state index contributed by atoms with van der Waals surface area (Å²) in [5.41, 5.74) is 0. The highest BCUT2D eigenvalue weighted by atomic mass is 32.2. The average Bonchev–Trinajstić information content (AvgIpc) is 2.96. The van der Waals surface area contributed by atoms with E-state index in [4.69, 9.17) is 14.0 Å². The summed E-state index contributed by atoms with van der Waals surface area (Å²) in [6, 6.07) is 6.57. The lowest BCUT2D eigenvalue weighted by molar-refractivity contribution is 0.376. The molecule has 3 N–H and O–H groups in total. The Morgan fingerprint density at radius 2 is 2.17 bits per heavy atom. The second kappa shape index (κ2) is 4.97. The average molecular weight is 270 g/mol. The third-order valence-electron chi connectivity index (χ3n) is 2.47. The van der Waals surface area contributed by atoms with Crippen LogP contribution in [-0.2, 0) is 16.6 Å². The van der Waals surface area contributed by atoms with E-state index in [0.29, 0.717) is 12.3 Å². The molecule has 98 valence electrons. The summed E-state index contributed by atoms with van der Waals surface area (Å²) in [7, 11) is -3.78. The van der Waals surface area contributed by atoms with Crippen LogP contribution in [0.5, 0.6) is 0 Å². The van der Waals surface area contributed by atoms with Crippen molar-refractivity contribution in [2.24, 2.45) is 5.14 Å². The van der Waals surface area contributed by atoms with E-state index in [0.717, 1.165) is 5.76 Å². The maximum Gasteiger partial charge on any atom is 0.271 e. The number of sulfonamides is 1. The first-order valence-corrected chi connectivity index (χ1v) is 6.90. The van der Waals surface area contributed by atoms with Crippen LogP contribution >= 0.6 is 0 Å². The van der Waals surface area contributed by atoms with Gasteiger partial charge in [-0.25, -0.2) is 13.6 Å². The molecule has 2 aromatic heterocycles. The van der Waals surface area contributed by atoms with Gasteiger partial charge in [0, 0.05) is 0 Å². The minimum Gasteiger partial charge on any atom is -0.468 e. The fraction of sp³-hybridized carbons (Fsp3) is 0.273. The van der Waals surface area contributed by atoms with Crippen molar-refractivity contribution in [3.05, 3.63) is 42.0 Å². The highest BCUT2D eigenvalue weighted by Gasteiger charge is 2.14. The van der Waals surface area contributed by atoms with E-state index in [-0.39, 0.29) is 11.1 Å². The molecule has 1 atom stereocenters. The van der Waals surface area contributed by atoms with Gasteiger partial charge in [-0.2, -0.15) is 0 Å². The van der Waals surface area contributed by atoms with Crippen LogP contribution in [-0.4, -0.2) is 8.42 Å². The normalized spacial score (nSPS) is 13.7. The van der Waals surface area contributed by atoms with Gasteiger partial charge in [-0.15, -0.1) is 0 Å². The van der Waals surface area contributed by atoms with E-state index in [1.54, 1.807) is 18.4 Å². The molecule has 0 saturated heterocycles. The van der Waals surface area contributed by atoms with Crippen molar-refractivity contribution in [2.45, 2.75) is 24.6 Å². The van der Waals surface area contributed by atoms with Crippen molar-refractivity contribution >= 4 is 10.0 Å². The molecule has 2 aromatic rings. The van der Waals surface area contributed by atoms with E-state index in [1.807, 2.05) is 13.0 Å². The van der Waals surface area contributed by atoms with Gasteiger partial charge in [-0.05, 0) is 31.2 Å². The third kappa shape index (κ3) is 3.00. The largest absolute Gasteiger partial charge is 0.468 e. The Balaban J connectivity index is 1.97. The lowest BCUT2D eigenvalue weighted by atomic mass is 10.2. The highest BCUT2D eigenvalue weighted by Crippen LogP contribution is 2.15. The van der Waals surface area contributed by atoms with Crippen molar-refractivity contribution < 1.29 is 17.3 Å². The molecule has 0 aliphatic rings. The van der Waals surface area contributed by atoms with E-state index < -0.39 is 10.0 Å². The fourth-order valence-corrected chi connectivity index (χ4v) is 1.98. The number of rotatable bonds is 5. The van der Waals surface area contributed by atoms with Gasteiger partial charge in [0.1, 0.15) is 11.5 Å². The molecule has 0 bridgehead atoms. The molecule has 0 fully saturated rings. The van der Waals surface area contributed by atoms with Gasteiger partial charge < -0.3 is 14.2 Å². The van der Waals surface area contributed by atoms with Gasteiger partial charge in [-0.1, -0.05) is 0 Å². The van der Waals surface area contributed by atoms with Crippen molar-refractivity contribution in [3.63, 3.8) is 0 Å². The summed E-state index contributed by atoms with van der Waals surface area (Å²) in [6.45, 7) is 2.32. The second-order valence-corrected chi connectivity index (χ2v) is 5.38. The summed E-state index contributed by atoms with van der Waals surface area (Å²) in [4.78, 5) is 0. The molecule has 0 unspecified atom stereocenters. The zero-order chi connectivity index (χ0) is 13.2. The predicted molar refractivity (Wildman–Crippen MR) is 64.0 cm³/mol. The smallest absolute Gasteiger partial charge is 0.271 e. The highest BCUT2D eigenvalue weighted by molar-refractivity contribution is 7.89. The molecule has 7 heteroatoms. The van der Waals surface area contributed by atoms with Crippen molar-refractivity contribution in [1.82, 2.24) is 5.32 Å². The Bertz CT molecular complexity index is 601. The third-order valence-corrected chi connectivity index (χ3v) is 3.25. The molecule has 0 aromatic carbocycles. The van der Waals surface area contributed by atoms with Gasteiger partial charge in [0.15, 0.2) is 0 Å². The minimum absolute atomic E-state index is 0.00281. The zero-order valence-electron chi connectivity index (χ0n) is 9.79. The van der Waals surface area contributed by atoms with Crippen LogP contribution in [0.15, 0.2) is 44.5 Å². The monoisotopic (exact) mass is 270 g/mol. The Morgan fingerprint density at radius 1 is 1.39 bits per heavy atom. The first kappa shape index (κ1) is 12.9. The Hall–Kier alpha value is -1.57. The SMILES string of the molecule is C[C@H](NCc1ccc(S(N)(=O)=O)o1)c1ccco1. The van der Waals surface area contributed by atoms with E-state index in [1.165, 1.54) is 6.07 Å². The van der Waals surface area contributed by atoms with E-state index in [2.05, 4.69) is 5.32 Å². The predicted octanol–water partition coefficient (Wildman–Crippen LogP) is 1.37. The van der Waals surface area contributed by atoms with Gasteiger partial charge in [-0.3, -0.25) is 0 Å². The number of nitrogens with one attached hydrogen (secondary N) is 1. The first-order valence-electron chi connectivity index (χ1n) is 5.35. The topological polar surface area (TPSA) is 98.5 Å². The number of nitrogens with two attached hydrogens (primary N) is 1. The first-order chi connectivity index (χ1) is 8.47. The van der Waals surface area contributed by atoms with Crippen molar-refractivity contribution in [2.75, 3.05) is 0 Å². The molecule has 0 aliphatic heterocycles. The lowest BCUT2D eigenvalue weighted by Gasteiger charge is -2.09. The van der Waals surface area contributed by atoms with Crippen LogP contribution < -0.4 is 10.5 Å². The van der Waals surface area contributed by atoms with Gasteiger partial charge in [0.05, 0.1) is 18.8 Å². The molecule has 0 amide bonds. The summed E-state index contributed by atoms with van der Waals surface area (Å²) in [5, 5.41) is 7.86. The molecular formula is C11H14N2O4S. The van der Waals surface area contributed by atoms with E-state index in [9.17, 15) is 8.42 Å². The molecule has 0 saturated carbocycles. The van der Waals surface area contributed by atoms with Crippen LogP contribution in [0.25, 0.3) is 0 Å². The van der Waals surface area contributed by atoms with Crippen LogP contribution in [0.4, 0.5) is 0 Å². The number of hydrogen-bond donors (Lipinski definition) is 2. The summed E-state index contributed by atoms with van der Waals surface area (Å²) in [6.07, 6.45) is 1.60. The van der Waals surface area contributed by atoms with Crippen LogP contribution in [0.3, 0.4) is 0 Å². The van der Waals surface area contributed by atoms with Crippen LogP contribution in [0, 0.1) is 0 Å². The maximum absolute atomic E-state index is 11.0. The number of hydrogen-bond acceptors (Lipinski definition) is 5. The molecule has 0 radical (unpaired) electrons. The summed E-state index contributed by atoms with van der Waals surface area (Å²) >= 11 is 0. The van der Waals surface area contributed by atoms with Gasteiger partial charge >= 0.3 is 0 Å². The van der Waals surface area contributed by atoms with E-state index >= 15 is 0 Å². The molecule has 0 aliphatic carbocycles. The maximum atomic E-state index is 11.0. The Labute approximate surface area is 105 Å². The molecule has 6 nitrogen and oxygen atoms in total. The molecular weight excluding hydrogens is 256 g/mol. The molecule has 18 heavy (non-hydrogen) atoms. The molecule has 0 spiro atoms. The van der Waals surface area contributed by atoms with Gasteiger partial charge in [0.25, 0.3) is 10.0 Å². The van der Waals surface area contributed by atoms with Crippen LogP contribution in [0.2, 0.25) is 0 Å². The van der Waals surface area contributed by atoms with Crippen LogP contribution in [0.1, 0.15) is 24.5 Å². The molecule has 2 rings (SSSR count). The van der Waals surface area contributed by atoms with Crippen molar-refractivity contribution in [1.29, 1.82) is 0 Å². The Morgan fingerprint density at radius 3 is 2.72 bits per heavy atom.